The van der Waals surface area contributed by atoms with Gasteiger partial charge in [-0.3, -0.25) is 4.79 Å². The normalized spacial score (nSPS) is 22.0. The molecule has 8 rings (SSSR count). The molecule has 60 heavy (non-hydrogen) atoms. The third-order valence-corrected chi connectivity index (χ3v) is 12.4. The maximum atomic E-state index is 14.5. The van der Waals surface area contributed by atoms with Crippen molar-refractivity contribution >= 4 is 22.6 Å². The number of alkyl halides is 3. The molecule has 1 saturated carbocycles. The predicted octanol–water partition coefficient (Wildman–Crippen LogP) is 10.7. The maximum Gasteiger partial charge on any atom is 0.573 e. The number of hydrogen-bond donors (Lipinski definition) is 2. The minimum absolute atomic E-state index is 0.0843. The third-order valence-electron chi connectivity index (χ3n) is 12.4. The van der Waals surface area contributed by atoms with Gasteiger partial charge in [0.15, 0.2) is 5.78 Å². The van der Waals surface area contributed by atoms with Crippen molar-refractivity contribution < 1.29 is 47.2 Å². The van der Waals surface area contributed by atoms with E-state index in [0.717, 1.165) is 27.5 Å². The number of benzene rings is 5. The van der Waals surface area contributed by atoms with Gasteiger partial charge >= 0.3 is 12.5 Å². The zero-order chi connectivity index (χ0) is 42.7. The van der Waals surface area contributed by atoms with Crippen LogP contribution in [0.4, 0.5) is 18.0 Å². The molecular formula is C49H50F3NO7. The Hall–Kier alpha value is -5.65. The fraction of sp³-hybridized carbons (Fsp3) is 0.347. The monoisotopic (exact) mass is 821 g/mol. The molecule has 1 fully saturated rings. The molecule has 0 radical (unpaired) electrons. The first-order chi connectivity index (χ1) is 28.6. The summed E-state index contributed by atoms with van der Waals surface area (Å²) in [5, 5.41) is 26.0. The summed E-state index contributed by atoms with van der Waals surface area (Å²) in [5.41, 5.74) is 1.78. The van der Waals surface area contributed by atoms with Crippen molar-refractivity contribution in [3.05, 3.63) is 149 Å². The van der Waals surface area contributed by atoms with E-state index in [0.29, 0.717) is 66.7 Å². The third kappa shape index (κ3) is 9.53. The van der Waals surface area contributed by atoms with Gasteiger partial charge in [0.1, 0.15) is 17.2 Å². The summed E-state index contributed by atoms with van der Waals surface area (Å²) in [6.07, 6.45) is -0.574. The Kier molecular flexibility index (Phi) is 12.4. The summed E-state index contributed by atoms with van der Waals surface area (Å²) in [6.45, 7) is 3.81. The number of hydrogen-bond acceptors (Lipinski definition) is 7. The molecule has 0 heterocycles. The Morgan fingerprint density at radius 1 is 0.850 bits per heavy atom. The second-order valence-corrected chi connectivity index (χ2v) is 16.4. The molecule has 5 aromatic carbocycles. The van der Waals surface area contributed by atoms with E-state index in [-0.39, 0.29) is 31.2 Å². The van der Waals surface area contributed by atoms with Crippen LogP contribution in [0.15, 0.2) is 121 Å². The quantitative estimate of drug-likeness (QED) is 0.113. The number of carbonyl (C=O) groups is 2. The molecule has 4 atom stereocenters. The Labute approximate surface area is 348 Å². The number of methoxy groups -OCH3 is 1. The SMILES string of the molecule is COc1ccc(C(=O)c2cc3ccc2C2CCC(O)(CN(Cc4ccc(OC(F)(F)F)cc4)C(=O)Oc4ccc5ccccc5c4)C2(C)CCC=C(C)CCC(O)C3)cc1. The molecule has 4 unspecified atom stereocenters. The number of allylic oxidation sites excluding steroid dienone is 2. The number of carbonyl (C=O) groups excluding carboxylic acids is 2. The topological polar surface area (TPSA) is 106 Å². The number of fused-ring (bicyclic) bond motifs is 9. The van der Waals surface area contributed by atoms with Gasteiger partial charge in [0.2, 0.25) is 0 Å². The standard InChI is InChI=1S/C49H50F3NO7/c1-32-7-6-25-47(2)44(42-23-13-34(27-38(54)17-10-32)28-43(42)45(55)36-15-20-39(58-3)21-16-36)24-26-48(47,57)31-53(30-33-11-18-40(19-12-33)60-49(50,51)52)46(56)59-41-22-14-35-8-4-5-9-37(35)29-41/h4-5,7-9,11-16,18-23,28-29,38,44,54,57H,6,10,17,24-27,30-31H2,1-3H3. The molecule has 0 spiro atoms. The van der Waals surface area contributed by atoms with Gasteiger partial charge in [-0.1, -0.05) is 73.2 Å². The van der Waals surface area contributed by atoms with Crippen molar-refractivity contribution in [3.63, 3.8) is 0 Å². The van der Waals surface area contributed by atoms with Crippen molar-refractivity contribution in [2.45, 2.75) is 89.3 Å². The highest BCUT2D eigenvalue weighted by Gasteiger charge is 2.58. The lowest BCUT2D eigenvalue weighted by molar-refractivity contribution is -0.274. The summed E-state index contributed by atoms with van der Waals surface area (Å²) in [5.74, 6) is -0.00433. The van der Waals surface area contributed by atoms with Crippen molar-refractivity contribution in [2.24, 2.45) is 5.41 Å². The van der Waals surface area contributed by atoms with E-state index in [1.165, 1.54) is 29.2 Å². The maximum absolute atomic E-state index is 14.5. The molecule has 2 bridgehead atoms. The second-order valence-electron chi connectivity index (χ2n) is 16.4. The highest BCUT2D eigenvalue weighted by molar-refractivity contribution is 6.10. The Morgan fingerprint density at radius 3 is 2.27 bits per heavy atom. The lowest BCUT2D eigenvalue weighted by Crippen LogP contribution is -2.54. The average Bonchev–Trinajstić information content (AvgIpc) is 3.47. The Morgan fingerprint density at radius 2 is 1.55 bits per heavy atom. The Bertz CT molecular complexity index is 2360. The predicted molar refractivity (Wildman–Crippen MR) is 223 cm³/mol. The number of amides is 1. The van der Waals surface area contributed by atoms with Crippen LogP contribution in [0.2, 0.25) is 0 Å². The van der Waals surface area contributed by atoms with Crippen LogP contribution in [0.3, 0.4) is 0 Å². The van der Waals surface area contributed by atoms with E-state index in [4.69, 9.17) is 9.47 Å². The van der Waals surface area contributed by atoms with Crippen LogP contribution in [-0.4, -0.2) is 58.7 Å². The largest absolute Gasteiger partial charge is 0.573 e. The van der Waals surface area contributed by atoms with Crippen LogP contribution >= 0.6 is 0 Å². The molecule has 0 saturated heterocycles. The molecule has 1 amide bonds. The molecule has 8 nitrogen and oxygen atoms in total. The van der Waals surface area contributed by atoms with Crippen molar-refractivity contribution in [1.29, 1.82) is 0 Å². The summed E-state index contributed by atoms with van der Waals surface area (Å²) in [6, 6.07) is 30.9. The summed E-state index contributed by atoms with van der Waals surface area (Å²) < 4.78 is 54.4. The van der Waals surface area contributed by atoms with E-state index in [2.05, 4.69) is 10.8 Å². The zero-order valence-corrected chi connectivity index (χ0v) is 34.0. The van der Waals surface area contributed by atoms with E-state index in [9.17, 15) is 33.0 Å². The van der Waals surface area contributed by atoms with Gasteiger partial charge in [0.25, 0.3) is 0 Å². The van der Waals surface area contributed by atoms with Crippen LogP contribution in [0.5, 0.6) is 17.2 Å². The first-order valence-corrected chi connectivity index (χ1v) is 20.3. The van der Waals surface area contributed by atoms with Crippen LogP contribution in [0.1, 0.15) is 90.9 Å². The first-order valence-electron chi connectivity index (χ1n) is 20.3. The van der Waals surface area contributed by atoms with E-state index in [1.54, 1.807) is 43.5 Å². The highest BCUT2D eigenvalue weighted by atomic mass is 19.4. The molecule has 3 aliphatic carbocycles. The Balaban J connectivity index is 1.27. The molecule has 5 aromatic rings. The van der Waals surface area contributed by atoms with Crippen LogP contribution in [0.25, 0.3) is 10.8 Å². The van der Waals surface area contributed by atoms with Crippen molar-refractivity contribution in [3.8, 4) is 17.2 Å². The van der Waals surface area contributed by atoms with Gasteiger partial charge in [0, 0.05) is 23.1 Å². The van der Waals surface area contributed by atoms with Crippen LogP contribution < -0.4 is 14.2 Å². The molecule has 2 N–H and O–H groups in total. The van der Waals surface area contributed by atoms with E-state index < -0.39 is 35.3 Å². The number of ether oxygens (including phenoxy) is 3. The minimum atomic E-state index is -4.87. The second kappa shape index (κ2) is 17.5. The molecule has 11 heteroatoms. The van der Waals surface area contributed by atoms with Crippen LogP contribution in [0, 0.1) is 5.41 Å². The van der Waals surface area contributed by atoms with Gasteiger partial charge in [0.05, 0.1) is 25.4 Å². The number of aliphatic hydroxyl groups is 2. The number of rotatable bonds is 9. The van der Waals surface area contributed by atoms with Gasteiger partial charge in [-0.2, -0.15) is 0 Å². The molecule has 0 aromatic heterocycles. The van der Waals surface area contributed by atoms with Gasteiger partial charge in [-0.15, -0.1) is 13.2 Å². The zero-order valence-electron chi connectivity index (χ0n) is 34.0. The summed E-state index contributed by atoms with van der Waals surface area (Å²) in [7, 11) is 1.56. The van der Waals surface area contributed by atoms with E-state index in [1.807, 2.05) is 62.4 Å². The van der Waals surface area contributed by atoms with Gasteiger partial charge < -0.3 is 29.3 Å². The molecule has 314 valence electrons. The highest BCUT2D eigenvalue weighted by Crippen LogP contribution is 2.59. The number of aliphatic hydroxyl groups excluding tert-OH is 1. The fourth-order valence-electron chi connectivity index (χ4n) is 9.01. The van der Waals surface area contributed by atoms with Crippen LogP contribution in [-0.2, 0) is 13.0 Å². The first kappa shape index (κ1) is 42.5. The lowest BCUT2D eigenvalue weighted by atomic mass is 9.64. The molecule has 3 aliphatic rings. The molecular weight excluding hydrogens is 772 g/mol. The summed E-state index contributed by atoms with van der Waals surface area (Å²) in [4.78, 5) is 30.2. The number of halogens is 3. The van der Waals surface area contributed by atoms with Crippen molar-refractivity contribution in [1.82, 2.24) is 4.90 Å². The number of ketones is 1. The fourth-order valence-corrected chi connectivity index (χ4v) is 9.01. The lowest BCUT2D eigenvalue weighted by Gasteiger charge is -2.46. The molecule has 0 aliphatic heterocycles. The number of nitrogens with zero attached hydrogens (tertiary/aromatic N) is 1. The van der Waals surface area contributed by atoms with Crippen molar-refractivity contribution in [2.75, 3.05) is 13.7 Å². The summed E-state index contributed by atoms with van der Waals surface area (Å²) >= 11 is 0. The van der Waals surface area contributed by atoms with Gasteiger partial charge in [-0.05, 0) is 140 Å². The minimum Gasteiger partial charge on any atom is -0.497 e. The van der Waals surface area contributed by atoms with Gasteiger partial charge in [-0.25, -0.2) is 4.79 Å². The smallest absolute Gasteiger partial charge is 0.497 e. The van der Waals surface area contributed by atoms with E-state index >= 15 is 0 Å². The average molecular weight is 822 g/mol.